The first-order valence-corrected chi connectivity index (χ1v) is 6.60. The molecule has 0 atom stereocenters. The lowest BCUT2D eigenvalue weighted by atomic mass is 10.3. The van der Waals surface area contributed by atoms with Crippen LogP contribution < -0.4 is 16.6 Å². The first-order valence-electron chi connectivity index (χ1n) is 6.23. The molecule has 1 saturated carbocycles. The van der Waals surface area contributed by atoms with Crippen molar-refractivity contribution in [2.75, 3.05) is 10.7 Å². The predicted molar refractivity (Wildman–Crippen MR) is 76.5 cm³/mol. The Bertz CT molecular complexity index is 624. The van der Waals surface area contributed by atoms with E-state index < -0.39 is 5.82 Å². The number of rotatable bonds is 4. The van der Waals surface area contributed by atoms with Gasteiger partial charge in [-0.25, -0.2) is 20.2 Å². The van der Waals surface area contributed by atoms with Gasteiger partial charge in [-0.15, -0.1) is 0 Å². The van der Waals surface area contributed by atoms with E-state index in [9.17, 15) is 4.39 Å². The second kappa shape index (κ2) is 5.22. The molecule has 2 aromatic rings. The zero-order valence-corrected chi connectivity index (χ0v) is 11.3. The molecule has 3 rings (SSSR count). The number of anilines is 3. The number of hydrazine groups is 1. The zero-order valence-electron chi connectivity index (χ0n) is 10.5. The van der Waals surface area contributed by atoms with E-state index >= 15 is 0 Å². The van der Waals surface area contributed by atoms with Crippen molar-refractivity contribution in [3.8, 4) is 0 Å². The van der Waals surface area contributed by atoms with Gasteiger partial charge in [-0.05, 0) is 31.0 Å². The molecule has 0 amide bonds. The number of nitrogens with zero attached hydrogens (tertiary/aromatic N) is 2. The van der Waals surface area contributed by atoms with E-state index in [1.165, 1.54) is 12.1 Å². The normalized spacial score (nSPS) is 14.2. The molecule has 104 valence electrons. The van der Waals surface area contributed by atoms with Crippen molar-refractivity contribution >= 4 is 28.9 Å². The Morgan fingerprint density at radius 1 is 1.15 bits per heavy atom. The van der Waals surface area contributed by atoms with E-state index in [0.717, 1.165) is 18.7 Å². The zero-order chi connectivity index (χ0) is 14.1. The standard InChI is InChI=1S/C13H13ClFN5/c14-8-3-9(15)5-10(4-8)17-11-6-12(20-16)19-13(18-11)7-1-2-7/h3-7H,1-2,16H2,(H2,17,18,19,20). The van der Waals surface area contributed by atoms with Gasteiger partial charge in [0.1, 0.15) is 23.3 Å². The van der Waals surface area contributed by atoms with Gasteiger partial charge in [0.15, 0.2) is 0 Å². The molecule has 0 saturated heterocycles. The van der Waals surface area contributed by atoms with Gasteiger partial charge in [0.2, 0.25) is 0 Å². The predicted octanol–water partition coefficient (Wildman–Crippen LogP) is 3.18. The molecule has 1 heterocycles. The topological polar surface area (TPSA) is 75.9 Å². The van der Waals surface area contributed by atoms with Crippen LogP contribution in [0.3, 0.4) is 0 Å². The van der Waals surface area contributed by atoms with E-state index in [-0.39, 0.29) is 0 Å². The van der Waals surface area contributed by atoms with Crippen molar-refractivity contribution in [3.63, 3.8) is 0 Å². The maximum absolute atomic E-state index is 13.3. The maximum Gasteiger partial charge on any atom is 0.145 e. The van der Waals surface area contributed by atoms with E-state index in [1.54, 1.807) is 12.1 Å². The maximum atomic E-state index is 13.3. The summed E-state index contributed by atoms with van der Waals surface area (Å²) in [6.07, 6.45) is 2.17. The molecule has 0 bridgehead atoms. The molecule has 7 heteroatoms. The lowest BCUT2D eigenvalue weighted by Crippen LogP contribution is -2.11. The van der Waals surface area contributed by atoms with Crippen LogP contribution in [0.25, 0.3) is 0 Å². The van der Waals surface area contributed by atoms with Crippen LogP contribution in [0.4, 0.5) is 21.7 Å². The Kier molecular flexibility index (Phi) is 3.42. The van der Waals surface area contributed by atoms with Gasteiger partial charge in [-0.1, -0.05) is 11.6 Å². The van der Waals surface area contributed by atoms with Crippen molar-refractivity contribution in [1.29, 1.82) is 0 Å². The molecule has 1 aromatic heterocycles. The molecule has 1 aromatic carbocycles. The fourth-order valence-electron chi connectivity index (χ4n) is 1.90. The minimum atomic E-state index is -0.409. The van der Waals surface area contributed by atoms with Crippen LogP contribution in [0.15, 0.2) is 24.3 Å². The minimum absolute atomic E-state index is 0.321. The Morgan fingerprint density at radius 2 is 1.90 bits per heavy atom. The fraction of sp³-hybridized carbons (Fsp3) is 0.231. The second-order valence-electron chi connectivity index (χ2n) is 4.70. The summed E-state index contributed by atoms with van der Waals surface area (Å²) in [7, 11) is 0. The molecule has 0 unspecified atom stereocenters. The van der Waals surface area contributed by atoms with Gasteiger partial charge in [0, 0.05) is 22.7 Å². The van der Waals surface area contributed by atoms with Crippen LogP contribution >= 0.6 is 11.6 Å². The highest BCUT2D eigenvalue weighted by atomic mass is 35.5. The van der Waals surface area contributed by atoms with Crippen LogP contribution in [0.2, 0.25) is 5.02 Å². The molecule has 1 aliphatic rings. The highest BCUT2D eigenvalue weighted by molar-refractivity contribution is 6.30. The van der Waals surface area contributed by atoms with Gasteiger partial charge in [-0.3, -0.25) is 0 Å². The van der Waals surface area contributed by atoms with Crippen molar-refractivity contribution in [2.45, 2.75) is 18.8 Å². The Hall–Kier alpha value is -1.92. The first kappa shape index (κ1) is 13.1. The average Bonchev–Trinajstić information content (AvgIpc) is 3.21. The second-order valence-corrected chi connectivity index (χ2v) is 5.13. The first-order chi connectivity index (χ1) is 9.64. The smallest absolute Gasteiger partial charge is 0.145 e. The van der Waals surface area contributed by atoms with Crippen molar-refractivity contribution in [2.24, 2.45) is 5.84 Å². The van der Waals surface area contributed by atoms with E-state index in [4.69, 9.17) is 17.4 Å². The molecular weight excluding hydrogens is 281 g/mol. The lowest BCUT2D eigenvalue weighted by molar-refractivity contribution is 0.628. The molecule has 1 fully saturated rings. The number of hydrogen-bond acceptors (Lipinski definition) is 5. The van der Waals surface area contributed by atoms with Crippen LogP contribution in [0, 0.1) is 5.82 Å². The molecule has 1 aliphatic carbocycles. The SMILES string of the molecule is NNc1cc(Nc2cc(F)cc(Cl)c2)nc(C2CC2)n1. The summed E-state index contributed by atoms with van der Waals surface area (Å²) in [6.45, 7) is 0. The molecule has 20 heavy (non-hydrogen) atoms. The monoisotopic (exact) mass is 293 g/mol. The Balaban J connectivity index is 1.90. The van der Waals surface area contributed by atoms with Gasteiger partial charge in [0.05, 0.1) is 0 Å². The summed E-state index contributed by atoms with van der Waals surface area (Å²) in [5.74, 6) is 7.19. The molecule has 5 nitrogen and oxygen atoms in total. The number of aromatic nitrogens is 2. The minimum Gasteiger partial charge on any atom is -0.340 e. The third kappa shape index (κ3) is 2.97. The van der Waals surface area contributed by atoms with Gasteiger partial charge in [0.25, 0.3) is 0 Å². The Labute approximate surface area is 120 Å². The molecule has 0 radical (unpaired) electrons. The third-order valence-corrected chi connectivity index (χ3v) is 3.19. The quantitative estimate of drug-likeness (QED) is 0.596. The number of nitrogens with one attached hydrogen (secondary N) is 2. The molecule has 0 aliphatic heterocycles. The number of benzene rings is 1. The molecule has 0 spiro atoms. The van der Waals surface area contributed by atoms with Crippen molar-refractivity contribution in [3.05, 3.63) is 40.9 Å². The van der Waals surface area contributed by atoms with Crippen molar-refractivity contribution < 1.29 is 4.39 Å². The summed E-state index contributed by atoms with van der Waals surface area (Å²) in [6, 6.07) is 5.87. The lowest BCUT2D eigenvalue weighted by Gasteiger charge is -2.10. The fourth-order valence-corrected chi connectivity index (χ4v) is 2.12. The highest BCUT2D eigenvalue weighted by Gasteiger charge is 2.27. The van der Waals surface area contributed by atoms with E-state index in [2.05, 4.69) is 20.7 Å². The molecule has 4 N–H and O–H groups in total. The van der Waals surface area contributed by atoms with Gasteiger partial charge >= 0.3 is 0 Å². The number of hydrogen-bond donors (Lipinski definition) is 3. The van der Waals surface area contributed by atoms with Crippen LogP contribution in [-0.2, 0) is 0 Å². The highest BCUT2D eigenvalue weighted by Crippen LogP contribution is 2.39. The summed E-state index contributed by atoms with van der Waals surface area (Å²) < 4.78 is 13.3. The van der Waals surface area contributed by atoms with Crippen LogP contribution in [0.5, 0.6) is 0 Å². The van der Waals surface area contributed by atoms with Crippen LogP contribution in [0.1, 0.15) is 24.6 Å². The largest absolute Gasteiger partial charge is 0.340 e. The summed E-state index contributed by atoms with van der Waals surface area (Å²) in [5, 5.41) is 3.33. The third-order valence-electron chi connectivity index (χ3n) is 2.97. The van der Waals surface area contributed by atoms with Crippen molar-refractivity contribution in [1.82, 2.24) is 9.97 Å². The van der Waals surface area contributed by atoms with Gasteiger partial charge < -0.3 is 10.7 Å². The van der Waals surface area contributed by atoms with E-state index in [0.29, 0.717) is 28.3 Å². The summed E-state index contributed by atoms with van der Waals surface area (Å²) in [4.78, 5) is 8.72. The summed E-state index contributed by atoms with van der Waals surface area (Å²) >= 11 is 5.82. The number of halogens is 2. The summed E-state index contributed by atoms with van der Waals surface area (Å²) in [5.41, 5.74) is 3.03. The van der Waals surface area contributed by atoms with E-state index in [1.807, 2.05) is 0 Å². The Morgan fingerprint density at radius 3 is 2.55 bits per heavy atom. The molecular formula is C13H13ClFN5. The average molecular weight is 294 g/mol. The van der Waals surface area contributed by atoms with Gasteiger partial charge in [-0.2, -0.15) is 0 Å². The van der Waals surface area contributed by atoms with Crippen LogP contribution in [-0.4, -0.2) is 9.97 Å². The number of nitrogens with two attached hydrogens (primary N) is 1. The number of nitrogen functional groups attached to an aromatic ring is 1.